The number of aliphatic hydroxyl groups excluding tert-OH is 3. The van der Waals surface area contributed by atoms with E-state index < -0.39 is 42.7 Å². The van der Waals surface area contributed by atoms with Gasteiger partial charge in [-0.15, -0.1) is 0 Å². The number of nitrogens with zero attached hydrogens (tertiary/aromatic N) is 1. The summed E-state index contributed by atoms with van der Waals surface area (Å²) in [6.07, 6.45) is -1.14. The van der Waals surface area contributed by atoms with E-state index in [1.807, 2.05) is 0 Å². The van der Waals surface area contributed by atoms with Gasteiger partial charge in [0.1, 0.15) is 29.3 Å². The molecule has 2 fully saturated rings. The Balaban J connectivity index is 1.95. The molecule has 0 radical (unpaired) electrons. The lowest BCUT2D eigenvalue weighted by Gasteiger charge is -2.48. The van der Waals surface area contributed by atoms with E-state index in [4.69, 9.17) is 22.1 Å². The van der Waals surface area contributed by atoms with Crippen molar-refractivity contribution < 1.29 is 24.9 Å². The van der Waals surface area contributed by atoms with Crippen molar-refractivity contribution in [3.05, 3.63) is 12.3 Å². The van der Waals surface area contributed by atoms with Gasteiger partial charge in [0.2, 0.25) is 0 Å². The molecule has 6 atom stereocenters. The molecule has 0 aromatic heterocycles. The average Bonchev–Trinajstić information content (AvgIpc) is 2.94. The van der Waals surface area contributed by atoms with Crippen LogP contribution in [0.4, 0.5) is 4.79 Å². The molecule has 3 aliphatic rings. The Labute approximate surface area is 126 Å². The highest BCUT2D eigenvalue weighted by Crippen LogP contribution is 2.36. The molecule has 21 heavy (non-hydrogen) atoms. The van der Waals surface area contributed by atoms with E-state index in [0.29, 0.717) is 4.99 Å². The number of ether oxygens (including phenoxy) is 1. The van der Waals surface area contributed by atoms with Crippen molar-refractivity contribution in [1.82, 2.24) is 15.5 Å². The van der Waals surface area contributed by atoms with Crippen molar-refractivity contribution in [3.63, 3.8) is 0 Å². The van der Waals surface area contributed by atoms with Crippen LogP contribution in [0.1, 0.15) is 6.92 Å². The van der Waals surface area contributed by atoms with Gasteiger partial charge in [0.15, 0.2) is 6.23 Å². The second kappa shape index (κ2) is 4.89. The van der Waals surface area contributed by atoms with E-state index in [1.54, 1.807) is 19.2 Å². The number of carbonyl (C=O) groups is 1. The summed E-state index contributed by atoms with van der Waals surface area (Å²) >= 11 is 5.16. The molecule has 0 aromatic carbocycles. The maximum atomic E-state index is 12.3. The minimum atomic E-state index is -1.31. The van der Waals surface area contributed by atoms with Gasteiger partial charge in [0.25, 0.3) is 0 Å². The van der Waals surface area contributed by atoms with Crippen LogP contribution in [0.2, 0.25) is 0 Å². The van der Waals surface area contributed by atoms with E-state index in [0.717, 1.165) is 0 Å². The van der Waals surface area contributed by atoms with Crippen LogP contribution in [0.15, 0.2) is 12.3 Å². The zero-order chi connectivity index (χ0) is 15.4. The van der Waals surface area contributed by atoms with E-state index >= 15 is 0 Å². The zero-order valence-electron chi connectivity index (χ0n) is 11.3. The number of fused-ring (bicyclic) bond motifs is 1. The summed E-state index contributed by atoms with van der Waals surface area (Å²) in [5.74, 6) is 0. The summed E-state index contributed by atoms with van der Waals surface area (Å²) in [4.78, 5) is 14.0. The van der Waals surface area contributed by atoms with Gasteiger partial charge in [-0.05, 0) is 19.2 Å². The van der Waals surface area contributed by atoms with E-state index in [-0.39, 0.29) is 6.04 Å². The van der Waals surface area contributed by atoms with Crippen LogP contribution >= 0.6 is 12.2 Å². The van der Waals surface area contributed by atoms with Crippen molar-refractivity contribution in [2.24, 2.45) is 0 Å². The summed E-state index contributed by atoms with van der Waals surface area (Å²) in [5, 5.41) is 34.8. The van der Waals surface area contributed by atoms with Gasteiger partial charge in [0, 0.05) is 0 Å². The molecule has 9 heteroatoms. The number of rotatable bonds is 2. The lowest BCUT2D eigenvalue weighted by molar-refractivity contribution is -0.104. The topological polar surface area (TPSA) is 114 Å². The SMILES string of the molecule is CC12C=CNC1C(=S)NC(=O)N2C1OC(CO)C(O)C1O. The van der Waals surface area contributed by atoms with Crippen molar-refractivity contribution in [2.75, 3.05) is 6.61 Å². The normalized spacial score (nSPS) is 45.5. The molecule has 0 bridgehead atoms. The van der Waals surface area contributed by atoms with Crippen LogP contribution in [0.25, 0.3) is 0 Å². The van der Waals surface area contributed by atoms with E-state index in [9.17, 15) is 15.0 Å². The van der Waals surface area contributed by atoms with Gasteiger partial charge in [-0.25, -0.2) is 4.79 Å². The maximum absolute atomic E-state index is 12.3. The number of nitrogens with one attached hydrogen (secondary N) is 2. The first kappa shape index (κ1) is 14.7. The molecule has 8 nitrogen and oxygen atoms in total. The second-order valence-corrected chi connectivity index (χ2v) is 5.99. The number of hydrogen-bond donors (Lipinski definition) is 5. The lowest BCUT2D eigenvalue weighted by atomic mass is 9.89. The molecule has 0 spiro atoms. The molecule has 116 valence electrons. The molecule has 3 heterocycles. The van der Waals surface area contributed by atoms with Gasteiger partial charge in [-0.2, -0.15) is 0 Å². The maximum Gasteiger partial charge on any atom is 0.325 e. The third-order valence-corrected chi connectivity index (χ3v) is 4.61. The molecule has 3 rings (SSSR count). The fourth-order valence-electron chi connectivity index (χ4n) is 3.08. The number of urea groups is 1. The number of carbonyl (C=O) groups excluding carboxylic acids is 1. The Bertz CT molecular complexity index is 515. The van der Waals surface area contributed by atoms with Crippen LogP contribution in [-0.2, 0) is 4.74 Å². The minimum absolute atomic E-state index is 0.341. The standard InChI is InChI=1S/C12H17N3O5S/c1-12-2-3-13-8(12)9(21)14-11(19)15(12)10-7(18)6(17)5(4-16)20-10/h2-3,5-8,10,13,16-18H,4H2,1H3,(H,14,19,21). The smallest absolute Gasteiger partial charge is 0.325 e. The largest absolute Gasteiger partial charge is 0.394 e. The highest BCUT2D eigenvalue weighted by Gasteiger charge is 2.57. The summed E-state index contributed by atoms with van der Waals surface area (Å²) in [7, 11) is 0. The van der Waals surface area contributed by atoms with Gasteiger partial charge in [-0.1, -0.05) is 12.2 Å². The predicted molar refractivity (Wildman–Crippen MR) is 75.2 cm³/mol. The van der Waals surface area contributed by atoms with Gasteiger partial charge in [-0.3, -0.25) is 4.90 Å². The minimum Gasteiger partial charge on any atom is -0.394 e. The molecule has 3 aliphatic heterocycles. The molecular weight excluding hydrogens is 298 g/mol. The lowest BCUT2D eigenvalue weighted by Crippen LogP contribution is -2.72. The number of aliphatic hydroxyl groups is 3. The van der Waals surface area contributed by atoms with Crippen LogP contribution in [0.5, 0.6) is 0 Å². The molecule has 0 saturated carbocycles. The van der Waals surface area contributed by atoms with E-state index in [2.05, 4.69) is 10.6 Å². The fraction of sp³-hybridized carbons (Fsp3) is 0.667. The quantitative estimate of drug-likeness (QED) is 0.375. The van der Waals surface area contributed by atoms with Gasteiger partial charge in [0.05, 0.1) is 12.1 Å². The molecule has 2 amide bonds. The highest BCUT2D eigenvalue weighted by molar-refractivity contribution is 7.80. The Kier molecular flexibility index (Phi) is 3.41. The summed E-state index contributed by atoms with van der Waals surface area (Å²) < 4.78 is 5.46. The van der Waals surface area contributed by atoms with Crippen LogP contribution < -0.4 is 10.6 Å². The third kappa shape index (κ3) is 1.96. The Morgan fingerprint density at radius 2 is 2.19 bits per heavy atom. The predicted octanol–water partition coefficient (Wildman–Crippen LogP) is -1.98. The summed E-state index contributed by atoms with van der Waals surface area (Å²) in [6, 6.07) is -0.853. The number of thiocarbonyl (C=S) groups is 1. The highest BCUT2D eigenvalue weighted by atomic mass is 32.1. The number of hydrogen-bond acceptors (Lipinski definition) is 7. The zero-order valence-corrected chi connectivity index (χ0v) is 12.1. The first-order valence-corrected chi connectivity index (χ1v) is 7.01. The summed E-state index contributed by atoms with van der Waals surface area (Å²) in [5.41, 5.74) is -0.824. The first-order valence-electron chi connectivity index (χ1n) is 6.60. The second-order valence-electron chi connectivity index (χ2n) is 5.55. The van der Waals surface area contributed by atoms with Crippen LogP contribution in [0.3, 0.4) is 0 Å². The molecule has 2 saturated heterocycles. The average molecular weight is 315 g/mol. The van der Waals surface area contributed by atoms with Crippen molar-refractivity contribution >= 4 is 23.2 Å². The van der Waals surface area contributed by atoms with Crippen molar-refractivity contribution in [1.29, 1.82) is 0 Å². The van der Waals surface area contributed by atoms with Crippen LogP contribution in [-0.4, -0.2) is 74.0 Å². The van der Waals surface area contributed by atoms with Gasteiger partial charge < -0.3 is 30.7 Å². The van der Waals surface area contributed by atoms with Crippen LogP contribution in [0, 0.1) is 0 Å². The molecule has 6 unspecified atom stereocenters. The summed E-state index contributed by atoms with van der Waals surface area (Å²) in [6.45, 7) is 1.34. The number of amides is 2. The Hall–Kier alpha value is -1.26. The monoisotopic (exact) mass is 315 g/mol. The molecule has 0 aliphatic carbocycles. The van der Waals surface area contributed by atoms with E-state index in [1.165, 1.54) is 4.90 Å². The van der Waals surface area contributed by atoms with Gasteiger partial charge >= 0.3 is 6.03 Å². The molecular formula is C12H17N3O5S. The fourth-order valence-corrected chi connectivity index (χ4v) is 3.47. The van der Waals surface area contributed by atoms with Crippen molar-refractivity contribution in [3.8, 4) is 0 Å². The Morgan fingerprint density at radius 3 is 2.81 bits per heavy atom. The molecule has 0 aromatic rings. The molecule has 5 N–H and O–H groups in total. The Morgan fingerprint density at radius 1 is 1.48 bits per heavy atom. The first-order chi connectivity index (χ1) is 9.90. The third-order valence-electron chi connectivity index (χ3n) is 4.27. The van der Waals surface area contributed by atoms with Crippen molar-refractivity contribution in [2.45, 2.75) is 43.0 Å².